The fourth-order valence-electron chi connectivity index (χ4n) is 4.47. The van der Waals surface area contributed by atoms with Crippen molar-refractivity contribution < 1.29 is 23.8 Å². The normalized spacial score (nSPS) is 11.1. The highest BCUT2D eigenvalue weighted by molar-refractivity contribution is 6.10. The van der Waals surface area contributed by atoms with Crippen molar-refractivity contribution in [1.82, 2.24) is 4.57 Å². The number of hydrogen-bond donors (Lipinski definition) is 1. The number of esters is 1. The van der Waals surface area contributed by atoms with Gasteiger partial charge in [-0.1, -0.05) is 24.3 Å². The molecule has 4 aromatic rings. The maximum absolute atomic E-state index is 13.3. The average Bonchev–Trinajstić information content (AvgIpc) is 3.11. The molecule has 0 radical (unpaired) electrons. The molecule has 0 bridgehead atoms. The van der Waals surface area contributed by atoms with Crippen molar-refractivity contribution in [3.8, 4) is 5.75 Å². The summed E-state index contributed by atoms with van der Waals surface area (Å²) < 4.78 is 20.5. The molecule has 0 spiro atoms. The molecule has 0 atom stereocenters. The zero-order valence-corrected chi connectivity index (χ0v) is 19.9. The van der Waals surface area contributed by atoms with E-state index >= 15 is 0 Å². The first kappa shape index (κ1) is 24.2. The molecule has 6 heteroatoms. The zero-order valence-electron chi connectivity index (χ0n) is 19.9. The van der Waals surface area contributed by atoms with E-state index in [1.54, 1.807) is 19.1 Å². The van der Waals surface area contributed by atoms with Gasteiger partial charge in [0.05, 0.1) is 12.2 Å². The van der Waals surface area contributed by atoms with Crippen LogP contribution in [0.5, 0.6) is 5.75 Å². The van der Waals surface area contributed by atoms with Crippen LogP contribution in [0.3, 0.4) is 0 Å². The Kier molecular flexibility index (Phi) is 7.30. The minimum Gasteiger partial charge on any atom is -0.507 e. The number of aromatic hydroxyl groups is 1. The summed E-state index contributed by atoms with van der Waals surface area (Å²) in [5, 5.41) is 11.5. The first-order valence-electron chi connectivity index (χ1n) is 11.7. The predicted octanol–water partition coefficient (Wildman–Crippen LogP) is 5.96. The predicted molar refractivity (Wildman–Crippen MR) is 133 cm³/mol. The number of ether oxygens (including phenoxy) is 1. The van der Waals surface area contributed by atoms with Crippen molar-refractivity contribution in [3.05, 3.63) is 100 Å². The maximum atomic E-state index is 13.3. The van der Waals surface area contributed by atoms with E-state index in [1.807, 2.05) is 12.1 Å². The summed E-state index contributed by atoms with van der Waals surface area (Å²) in [7, 11) is 0. The Hall–Kier alpha value is -3.93. The molecule has 0 aliphatic carbocycles. The van der Waals surface area contributed by atoms with Gasteiger partial charge < -0.3 is 14.4 Å². The van der Waals surface area contributed by atoms with Gasteiger partial charge in [0.25, 0.3) is 0 Å². The smallest absolute Gasteiger partial charge is 0.305 e. The molecule has 35 heavy (non-hydrogen) atoms. The highest BCUT2D eigenvalue weighted by atomic mass is 19.1. The van der Waals surface area contributed by atoms with E-state index in [1.165, 1.54) is 35.9 Å². The van der Waals surface area contributed by atoms with Crippen molar-refractivity contribution in [1.29, 1.82) is 0 Å². The van der Waals surface area contributed by atoms with Crippen LogP contribution in [-0.2, 0) is 22.5 Å². The fourth-order valence-corrected chi connectivity index (χ4v) is 4.47. The Morgan fingerprint density at radius 3 is 2.51 bits per heavy atom. The van der Waals surface area contributed by atoms with Crippen LogP contribution in [-0.4, -0.2) is 28.0 Å². The number of rotatable bonds is 9. The highest BCUT2D eigenvalue weighted by Gasteiger charge is 2.17. The van der Waals surface area contributed by atoms with E-state index in [0.29, 0.717) is 31.6 Å². The van der Waals surface area contributed by atoms with Crippen LogP contribution in [0.4, 0.5) is 4.39 Å². The van der Waals surface area contributed by atoms with Gasteiger partial charge >= 0.3 is 5.97 Å². The largest absolute Gasteiger partial charge is 0.507 e. The van der Waals surface area contributed by atoms with Crippen molar-refractivity contribution >= 4 is 22.7 Å². The molecule has 0 aliphatic rings. The quantitative estimate of drug-likeness (QED) is 0.241. The second-order valence-electron chi connectivity index (χ2n) is 8.51. The van der Waals surface area contributed by atoms with E-state index in [4.69, 9.17) is 4.74 Å². The van der Waals surface area contributed by atoms with Crippen LogP contribution in [0.25, 0.3) is 10.9 Å². The monoisotopic (exact) mass is 473 g/mol. The number of para-hydroxylation sites is 1. The van der Waals surface area contributed by atoms with Gasteiger partial charge in [0, 0.05) is 35.1 Å². The van der Waals surface area contributed by atoms with Gasteiger partial charge in [0.1, 0.15) is 11.6 Å². The van der Waals surface area contributed by atoms with Gasteiger partial charge in [-0.05, 0) is 80.3 Å². The first-order chi connectivity index (χ1) is 16.9. The number of ketones is 1. The third-order valence-electron chi connectivity index (χ3n) is 6.23. The van der Waals surface area contributed by atoms with E-state index in [9.17, 15) is 19.1 Å². The van der Waals surface area contributed by atoms with E-state index < -0.39 is 5.82 Å². The van der Waals surface area contributed by atoms with Gasteiger partial charge in [0.2, 0.25) is 0 Å². The molecule has 0 saturated heterocycles. The molecule has 180 valence electrons. The van der Waals surface area contributed by atoms with E-state index in [0.717, 1.165) is 28.6 Å². The van der Waals surface area contributed by atoms with Crippen molar-refractivity contribution in [3.63, 3.8) is 0 Å². The average molecular weight is 474 g/mol. The van der Waals surface area contributed by atoms with Crippen LogP contribution in [0.1, 0.15) is 52.5 Å². The molecule has 1 aromatic heterocycles. The number of phenolic OH excluding ortho intramolecular Hbond substituents is 1. The Morgan fingerprint density at radius 2 is 1.77 bits per heavy atom. The summed E-state index contributed by atoms with van der Waals surface area (Å²) in [5.74, 6) is -1.08. The molecule has 3 aromatic carbocycles. The van der Waals surface area contributed by atoms with Crippen LogP contribution < -0.4 is 0 Å². The molecule has 1 N–H and O–H groups in total. The number of carbonyl (C=O) groups excluding carboxylic acids is 2. The van der Waals surface area contributed by atoms with Crippen molar-refractivity contribution in [2.75, 3.05) is 6.61 Å². The first-order valence-corrected chi connectivity index (χ1v) is 11.7. The van der Waals surface area contributed by atoms with Crippen LogP contribution in [0.2, 0.25) is 0 Å². The van der Waals surface area contributed by atoms with Gasteiger partial charge in [-0.25, -0.2) is 4.39 Å². The molecule has 0 unspecified atom stereocenters. The third-order valence-corrected chi connectivity index (χ3v) is 6.23. The molecule has 5 nitrogen and oxygen atoms in total. The van der Waals surface area contributed by atoms with Crippen molar-refractivity contribution in [2.45, 2.75) is 39.7 Å². The van der Waals surface area contributed by atoms with E-state index in [-0.39, 0.29) is 23.1 Å². The van der Waals surface area contributed by atoms with Crippen LogP contribution in [0.15, 0.2) is 66.7 Å². The van der Waals surface area contributed by atoms with Gasteiger partial charge in [0.15, 0.2) is 5.78 Å². The Labute approximate surface area is 203 Å². The topological polar surface area (TPSA) is 68.5 Å². The summed E-state index contributed by atoms with van der Waals surface area (Å²) in [6.07, 6.45) is 1.82. The van der Waals surface area contributed by atoms with E-state index in [2.05, 4.69) is 23.6 Å². The number of benzene rings is 3. The molecular formula is C29H28FNO4. The lowest BCUT2D eigenvalue weighted by Gasteiger charge is -2.12. The molecular weight excluding hydrogens is 445 g/mol. The number of halogens is 1. The molecule has 4 rings (SSSR count). The number of carbonyl (C=O) groups is 2. The summed E-state index contributed by atoms with van der Waals surface area (Å²) in [4.78, 5) is 24.7. The minimum absolute atomic E-state index is 0.114. The SMILES string of the molecule is CCOC(=O)CCCc1c(C)n(Cc2ccc(O)c(C(=O)c3ccc(F)cc3)c2)c2ccccc12. The summed E-state index contributed by atoms with van der Waals surface area (Å²) in [6.45, 7) is 4.76. The number of nitrogens with zero attached hydrogens (tertiary/aromatic N) is 1. The van der Waals surface area contributed by atoms with Crippen LogP contribution in [0, 0.1) is 12.7 Å². The number of hydrogen-bond acceptors (Lipinski definition) is 4. The molecule has 0 aliphatic heterocycles. The maximum Gasteiger partial charge on any atom is 0.305 e. The third kappa shape index (κ3) is 5.27. The van der Waals surface area contributed by atoms with Crippen molar-refractivity contribution in [2.24, 2.45) is 0 Å². The van der Waals surface area contributed by atoms with Gasteiger partial charge in [-0.15, -0.1) is 0 Å². The molecule has 1 heterocycles. The van der Waals surface area contributed by atoms with Crippen LogP contribution >= 0.6 is 0 Å². The lowest BCUT2D eigenvalue weighted by atomic mass is 10.00. The standard InChI is InChI=1S/C29H28FNO4/c1-3-35-28(33)10-6-8-23-19(2)31(26-9-5-4-7-24(23)26)18-20-11-16-27(32)25(17-20)29(34)21-12-14-22(30)15-13-21/h4-5,7,9,11-17,32H,3,6,8,10,18H2,1-2H3. The number of aromatic nitrogens is 1. The Balaban J connectivity index is 1.63. The van der Waals surface area contributed by atoms with Gasteiger partial charge in [-0.3, -0.25) is 9.59 Å². The lowest BCUT2D eigenvalue weighted by Crippen LogP contribution is -2.06. The number of phenols is 1. The molecule has 0 fully saturated rings. The Bertz CT molecular complexity index is 1370. The second kappa shape index (κ2) is 10.6. The summed E-state index contributed by atoms with van der Waals surface area (Å²) in [6, 6.07) is 18.4. The zero-order chi connectivity index (χ0) is 24.9. The highest BCUT2D eigenvalue weighted by Crippen LogP contribution is 2.29. The lowest BCUT2D eigenvalue weighted by molar-refractivity contribution is -0.143. The summed E-state index contributed by atoms with van der Waals surface area (Å²) >= 11 is 0. The Morgan fingerprint density at radius 1 is 1.03 bits per heavy atom. The summed E-state index contributed by atoms with van der Waals surface area (Å²) in [5.41, 5.74) is 4.69. The fraction of sp³-hybridized carbons (Fsp3) is 0.241. The number of fused-ring (bicyclic) bond motifs is 1. The minimum atomic E-state index is -0.424. The van der Waals surface area contributed by atoms with Gasteiger partial charge in [-0.2, -0.15) is 0 Å². The molecule has 0 amide bonds. The number of aryl methyl sites for hydroxylation is 1. The molecule has 0 saturated carbocycles. The second-order valence-corrected chi connectivity index (χ2v) is 8.51.